The fourth-order valence-electron chi connectivity index (χ4n) is 2.20. The molecule has 0 bridgehead atoms. The van der Waals surface area contributed by atoms with Crippen LogP contribution in [0.2, 0.25) is 0 Å². The molecule has 5 nitrogen and oxygen atoms in total. The highest BCUT2D eigenvalue weighted by Gasteiger charge is 2.11. The van der Waals surface area contributed by atoms with Crippen molar-refractivity contribution in [1.82, 2.24) is 9.55 Å². The number of non-ortho nitro benzene ring substituents is 1. The van der Waals surface area contributed by atoms with Crippen LogP contribution < -0.4 is 0 Å². The summed E-state index contributed by atoms with van der Waals surface area (Å²) < 4.78 is 1.92. The fourth-order valence-corrected chi connectivity index (χ4v) is 2.20. The molecule has 0 aliphatic heterocycles. The number of rotatable bonds is 3. The minimum absolute atomic E-state index is 0.0733. The minimum atomic E-state index is -0.393. The molecule has 0 aliphatic rings. The first-order valence-corrected chi connectivity index (χ1v) is 6.49. The van der Waals surface area contributed by atoms with Gasteiger partial charge in [0, 0.05) is 23.4 Å². The normalized spacial score (nSPS) is 10.5. The van der Waals surface area contributed by atoms with E-state index in [-0.39, 0.29) is 5.69 Å². The van der Waals surface area contributed by atoms with E-state index < -0.39 is 4.92 Å². The molecule has 104 valence electrons. The molecule has 0 fully saturated rings. The van der Waals surface area contributed by atoms with Crippen molar-refractivity contribution in [1.29, 1.82) is 0 Å². The maximum absolute atomic E-state index is 10.9. The van der Waals surface area contributed by atoms with Gasteiger partial charge in [0.15, 0.2) is 0 Å². The average molecular weight is 279 g/mol. The SMILES string of the molecule is Cc1ccc(-n2cncc2-c2cccc([N+](=O)[O-])c2)cc1. The molecule has 21 heavy (non-hydrogen) atoms. The molecular weight excluding hydrogens is 266 g/mol. The van der Waals surface area contributed by atoms with Gasteiger partial charge in [-0.3, -0.25) is 14.7 Å². The van der Waals surface area contributed by atoms with Crippen LogP contribution in [0.4, 0.5) is 5.69 Å². The highest BCUT2D eigenvalue weighted by atomic mass is 16.6. The number of hydrogen-bond donors (Lipinski definition) is 0. The first-order chi connectivity index (χ1) is 10.1. The number of nitro benzene ring substituents is 1. The van der Waals surface area contributed by atoms with Crippen molar-refractivity contribution < 1.29 is 4.92 Å². The van der Waals surface area contributed by atoms with Gasteiger partial charge < -0.3 is 0 Å². The van der Waals surface area contributed by atoms with E-state index >= 15 is 0 Å². The van der Waals surface area contributed by atoms with Gasteiger partial charge in [0.1, 0.15) is 0 Å². The Kier molecular flexibility index (Phi) is 3.23. The van der Waals surface area contributed by atoms with Crippen LogP contribution in [0.5, 0.6) is 0 Å². The molecule has 3 aromatic rings. The Balaban J connectivity index is 2.08. The van der Waals surface area contributed by atoms with Gasteiger partial charge in [0.05, 0.1) is 23.1 Å². The second-order valence-corrected chi connectivity index (χ2v) is 4.79. The summed E-state index contributed by atoms with van der Waals surface area (Å²) in [4.78, 5) is 14.7. The molecule has 0 amide bonds. The van der Waals surface area contributed by atoms with Crippen LogP contribution >= 0.6 is 0 Å². The number of benzene rings is 2. The third-order valence-electron chi connectivity index (χ3n) is 3.30. The molecule has 1 heterocycles. The van der Waals surface area contributed by atoms with Crippen molar-refractivity contribution >= 4 is 5.69 Å². The maximum Gasteiger partial charge on any atom is 0.270 e. The smallest absolute Gasteiger partial charge is 0.270 e. The number of hydrogen-bond acceptors (Lipinski definition) is 3. The van der Waals surface area contributed by atoms with Crippen molar-refractivity contribution in [3.05, 3.63) is 76.7 Å². The van der Waals surface area contributed by atoms with E-state index in [0.29, 0.717) is 0 Å². The quantitative estimate of drug-likeness (QED) is 0.541. The van der Waals surface area contributed by atoms with Crippen LogP contribution in [0, 0.1) is 17.0 Å². The molecule has 3 rings (SSSR count). The molecule has 0 spiro atoms. The summed E-state index contributed by atoms with van der Waals surface area (Å²) in [7, 11) is 0. The summed E-state index contributed by atoms with van der Waals surface area (Å²) >= 11 is 0. The molecule has 0 radical (unpaired) electrons. The van der Waals surface area contributed by atoms with Gasteiger partial charge in [0.2, 0.25) is 0 Å². The van der Waals surface area contributed by atoms with Crippen molar-refractivity contribution in [2.75, 3.05) is 0 Å². The van der Waals surface area contributed by atoms with Gasteiger partial charge in [-0.25, -0.2) is 4.98 Å². The molecule has 0 atom stereocenters. The van der Waals surface area contributed by atoms with E-state index in [0.717, 1.165) is 16.9 Å². The van der Waals surface area contributed by atoms with Crippen LogP contribution in [0.1, 0.15) is 5.56 Å². The molecule has 0 saturated heterocycles. The zero-order valence-corrected chi connectivity index (χ0v) is 11.4. The van der Waals surface area contributed by atoms with Crippen molar-refractivity contribution in [3.63, 3.8) is 0 Å². The van der Waals surface area contributed by atoms with E-state index in [1.165, 1.54) is 11.6 Å². The van der Waals surface area contributed by atoms with Crippen molar-refractivity contribution in [3.8, 4) is 16.9 Å². The van der Waals surface area contributed by atoms with Crippen LogP contribution in [0.3, 0.4) is 0 Å². The molecule has 0 saturated carbocycles. The standard InChI is InChI=1S/C16H13N3O2/c1-12-5-7-14(8-6-12)18-11-17-10-16(18)13-3-2-4-15(9-13)19(20)21/h2-11H,1H3. The lowest BCUT2D eigenvalue weighted by molar-refractivity contribution is -0.384. The first kappa shape index (κ1) is 13.1. The number of imidazole rings is 1. The molecular formula is C16H13N3O2. The number of aryl methyl sites for hydroxylation is 1. The Morgan fingerprint density at radius 3 is 2.62 bits per heavy atom. The predicted octanol–water partition coefficient (Wildman–Crippen LogP) is 3.76. The van der Waals surface area contributed by atoms with Crippen LogP contribution in [-0.4, -0.2) is 14.5 Å². The Morgan fingerprint density at radius 1 is 1.14 bits per heavy atom. The second-order valence-electron chi connectivity index (χ2n) is 4.79. The summed E-state index contributed by atoms with van der Waals surface area (Å²) in [5.74, 6) is 0. The lowest BCUT2D eigenvalue weighted by Crippen LogP contribution is -1.96. The second kappa shape index (κ2) is 5.20. The monoisotopic (exact) mass is 279 g/mol. The Hall–Kier alpha value is -2.95. The highest BCUT2D eigenvalue weighted by molar-refractivity contribution is 5.64. The summed E-state index contributed by atoms with van der Waals surface area (Å²) in [6.07, 6.45) is 3.41. The average Bonchev–Trinajstić information content (AvgIpc) is 2.97. The van der Waals surface area contributed by atoms with Gasteiger partial charge in [-0.1, -0.05) is 29.8 Å². The molecule has 0 aliphatic carbocycles. The van der Waals surface area contributed by atoms with E-state index in [1.54, 1.807) is 24.7 Å². The zero-order chi connectivity index (χ0) is 14.8. The topological polar surface area (TPSA) is 61.0 Å². The van der Waals surface area contributed by atoms with Gasteiger partial charge >= 0.3 is 0 Å². The number of aromatic nitrogens is 2. The van der Waals surface area contributed by atoms with E-state index in [1.807, 2.05) is 41.8 Å². The van der Waals surface area contributed by atoms with Crippen LogP contribution in [0.25, 0.3) is 16.9 Å². The minimum Gasteiger partial charge on any atom is -0.299 e. The summed E-state index contributed by atoms with van der Waals surface area (Å²) in [5, 5.41) is 10.9. The van der Waals surface area contributed by atoms with Gasteiger partial charge in [-0.15, -0.1) is 0 Å². The van der Waals surface area contributed by atoms with E-state index in [2.05, 4.69) is 4.98 Å². The number of nitrogens with zero attached hydrogens (tertiary/aromatic N) is 3. The van der Waals surface area contributed by atoms with Crippen LogP contribution in [-0.2, 0) is 0 Å². The van der Waals surface area contributed by atoms with Gasteiger partial charge in [-0.05, 0) is 19.1 Å². The fraction of sp³-hybridized carbons (Fsp3) is 0.0625. The predicted molar refractivity (Wildman–Crippen MR) is 80.4 cm³/mol. The lowest BCUT2D eigenvalue weighted by atomic mass is 10.1. The molecule has 5 heteroatoms. The van der Waals surface area contributed by atoms with Crippen LogP contribution in [0.15, 0.2) is 61.1 Å². The van der Waals surface area contributed by atoms with Crippen molar-refractivity contribution in [2.24, 2.45) is 0 Å². The number of nitro groups is 1. The Labute approximate surface area is 121 Å². The van der Waals surface area contributed by atoms with Gasteiger partial charge in [0.25, 0.3) is 5.69 Å². The van der Waals surface area contributed by atoms with Crippen molar-refractivity contribution in [2.45, 2.75) is 6.92 Å². The highest BCUT2D eigenvalue weighted by Crippen LogP contribution is 2.26. The molecule has 0 N–H and O–H groups in total. The summed E-state index contributed by atoms with van der Waals surface area (Å²) in [6.45, 7) is 2.03. The zero-order valence-electron chi connectivity index (χ0n) is 11.4. The Bertz CT molecular complexity index is 791. The third-order valence-corrected chi connectivity index (χ3v) is 3.30. The van der Waals surface area contributed by atoms with Gasteiger partial charge in [-0.2, -0.15) is 0 Å². The lowest BCUT2D eigenvalue weighted by Gasteiger charge is -2.08. The Morgan fingerprint density at radius 2 is 1.90 bits per heavy atom. The summed E-state index contributed by atoms with van der Waals surface area (Å²) in [6, 6.07) is 14.6. The molecule has 2 aromatic carbocycles. The summed E-state index contributed by atoms with van der Waals surface area (Å²) in [5.41, 5.74) is 3.81. The van der Waals surface area contributed by atoms with E-state index in [9.17, 15) is 10.1 Å². The first-order valence-electron chi connectivity index (χ1n) is 6.49. The largest absolute Gasteiger partial charge is 0.299 e. The van der Waals surface area contributed by atoms with E-state index in [4.69, 9.17) is 0 Å². The third kappa shape index (κ3) is 2.53. The maximum atomic E-state index is 10.9. The molecule has 1 aromatic heterocycles. The molecule has 0 unspecified atom stereocenters.